The lowest BCUT2D eigenvalue weighted by atomic mass is 10.0. The maximum absolute atomic E-state index is 11.5. The average Bonchev–Trinajstić information content (AvgIpc) is 3.29. The van der Waals surface area contributed by atoms with Gasteiger partial charge < -0.3 is 0 Å². The number of nitrogens with one attached hydrogen (secondary N) is 1. The van der Waals surface area contributed by atoms with Gasteiger partial charge in [0, 0.05) is 50.4 Å². The highest BCUT2D eigenvalue weighted by Crippen LogP contribution is 2.22. The molecule has 32 heavy (non-hydrogen) atoms. The van der Waals surface area contributed by atoms with Crippen LogP contribution in [-0.2, 0) is 19.6 Å². The Labute approximate surface area is 191 Å². The molecule has 2 aromatic rings. The molecule has 2 N–H and O–H groups in total. The van der Waals surface area contributed by atoms with Crippen molar-refractivity contribution in [2.75, 3.05) is 26.2 Å². The molecular formula is C26H36N4O2. The summed E-state index contributed by atoms with van der Waals surface area (Å²) in [7, 11) is 0. The summed E-state index contributed by atoms with van der Waals surface area (Å²) in [6, 6.07) is 17.6. The summed E-state index contributed by atoms with van der Waals surface area (Å²) in [5.41, 5.74) is 6.17. The van der Waals surface area contributed by atoms with Gasteiger partial charge in [0.15, 0.2) is 0 Å². The van der Waals surface area contributed by atoms with Crippen LogP contribution in [0.4, 0.5) is 0 Å². The number of hydrogen-bond donors (Lipinski definition) is 2. The maximum atomic E-state index is 11.5. The number of hydrogen-bond acceptors (Lipinski definition) is 5. The van der Waals surface area contributed by atoms with Crippen molar-refractivity contribution in [3.05, 3.63) is 70.8 Å². The van der Waals surface area contributed by atoms with Crippen LogP contribution in [0.5, 0.6) is 0 Å². The van der Waals surface area contributed by atoms with Crippen LogP contribution in [0.1, 0.15) is 53.7 Å². The number of amides is 1. The minimum Gasteiger partial charge on any atom is -0.299 e. The first-order valence-corrected chi connectivity index (χ1v) is 11.8. The molecule has 0 unspecified atom stereocenters. The Bertz CT molecular complexity index is 883. The summed E-state index contributed by atoms with van der Waals surface area (Å²) in [5, 5.41) is 8.77. The highest BCUT2D eigenvalue weighted by molar-refractivity contribution is 5.93. The van der Waals surface area contributed by atoms with Gasteiger partial charge in [-0.05, 0) is 68.6 Å². The quantitative estimate of drug-likeness (QED) is 0.514. The Balaban J connectivity index is 1.33. The van der Waals surface area contributed by atoms with Crippen LogP contribution in [0, 0.1) is 0 Å². The lowest BCUT2D eigenvalue weighted by Crippen LogP contribution is -2.55. The first kappa shape index (κ1) is 22.9. The monoisotopic (exact) mass is 436 g/mol. The summed E-state index contributed by atoms with van der Waals surface area (Å²) in [5.74, 6) is -0.475. The molecule has 4 rings (SSSR count). The third-order valence-electron chi connectivity index (χ3n) is 6.86. The van der Waals surface area contributed by atoms with Gasteiger partial charge >= 0.3 is 0 Å². The molecule has 2 aromatic carbocycles. The van der Waals surface area contributed by atoms with E-state index in [-0.39, 0.29) is 0 Å². The van der Waals surface area contributed by atoms with E-state index in [2.05, 4.69) is 52.8 Å². The molecule has 2 atom stereocenters. The molecule has 6 heteroatoms. The number of carbonyl (C=O) groups excluding carboxylic acids is 1. The van der Waals surface area contributed by atoms with Crippen LogP contribution in [0.15, 0.2) is 48.5 Å². The van der Waals surface area contributed by atoms with Gasteiger partial charge in [-0.2, -0.15) is 0 Å². The van der Waals surface area contributed by atoms with Crippen LogP contribution < -0.4 is 5.48 Å². The van der Waals surface area contributed by atoms with Crippen molar-refractivity contribution in [3.63, 3.8) is 0 Å². The normalized spacial score (nSPS) is 22.8. The smallest absolute Gasteiger partial charge is 0.274 e. The van der Waals surface area contributed by atoms with E-state index in [1.54, 1.807) is 17.6 Å². The largest absolute Gasteiger partial charge is 0.299 e. The van der Waals surface area contributed by atoms with Gasteiger partial charge in [-0.25, -0.2) is 5.48 Å². The molecule has 0 aromatic heterocycles. The van der Waals surface area contributed by atoms with Crippen LogP contribution in [0.25, 0.3) is 0 Å². The van der Waals surface area contributed by atoms with E-state index in [4.69, 9.17) is 5.21 Å². The molecule has 2 aliphatic heterocycles. The fraction of sp³-hybridized carbons (Fsp3) is 0.500. The van der Waals surface area contributed by atoms with Gasteiger partial charge in [-0.3, -0.25) is 24.7 Å². The Hall–Kier alpha value is -2.25. The highest BCUT2D eigenvalue weighted by atomic mass is 16.5. The zero-order valence-electron chi connectivity index (χ0n) is 19.3. The summed E-state index contributed by atoms with van der Waals surface area (Å²) in [6.45, 7) is 12.1. The molecule has 0 bridgehead atoms. The molecule has 2 saturated heterocycles. The van der Waals surface area contributed by atoms with Gasteiger partial charge in [0.25, 0.3) is 5.91 Å². The number of rotatable bonds is 7. The Morgan fingerprint density at radius 3 is 2.09 bits per heavy atom. The summed E-state index contributed by atoms with van der Waals surface area (Å²) >= 11 is 0. The molecule has 172 valence electrons. The summed E-state index contributed by atoms with van der Waals surface area (Å²) in [4.78, 5) is 19.2. The van der Waals surface area contributed by atoms with Crippen molar-refractivity contribution >= 4 is 5.91 Å². The second-order valence-corrected chi connectivity index (χ2v) is 9.51. The lowest BCUT2D eigenvalue weighted by Gasteiger charge is -2.44. The van der Waals surface area contributed by atoms with Crippen molar-refractivity contribution < 1.29 is 10.0 Å². The molecule has 1 amide bonds. The molecule has 0 aliphatic carbocycles. The topological polar surface area (TPSA) is 59.1 Å². The lowest BCUT2D eigenvalue weighted by molar-refractivity contribution is 0.0290. The first-order chi connectivity index (χ1) is 15.5. The Kier molecular flexibility index (Phi) is 7.58. The number of benzene rings is 2. The van der Waals surface area contributed by atoms with Crippen molar-refractivity contribution in [2.45, 2.75) is 58.4 Å². The number of nitrogens with zero attached hydrogens (tertiary/aromatic N) is 3. The predicted octanol–water partition coefficient (Wildman–Crippen LogP) is 3.50. The minimum absolute atomic E-state index is 0.467. The van der Waals surface area contributed by atoms with Gasteiger partial charge in [0.2, 0.25) is 0 Å². The van der Waals surface area contributed by atoms with Crippen molar-refractivity contribution in [2.24, 2.45) is 0 Å². The fourth-order valence-corrected chi connectivity index (χ4v) is 5.23. The number of carbonyl (C=O) groups is 1. The second-order valence-electron chi connectivity index (χ2n) is 9.51. The molecule has 2 heterocycles. The zero-order chi connectivity index (χ0) is 22.5. The molecule has 0 saturated carbocycles. The average molecular weight is 437 g/mol. The SMILES string of the molecule is C[C@@H]1CN(Cc2ccc(C(=O)NO)cc2)C[C@H](C)N1Cc1cccc(CN2CCCC2)c1. The van der Waals surface area contributed by atoms with E-state index < -0.39 is 5.91 Å². The Morgan fingerprint density at radius 2 is 1.47 bits per heavy atom. The molecule has 2 aliphatic rings. The minimum atomic E-state index is -0.475. The molecule has 6 nitrogen and oxygen atoms in total. The van der Waals surface area contributed by atoms with Crippen LogP contribution in [0.2, 0.25) is 0 Å². The van der Waals surface area contributed by atoms with Crippen LogP contribution in [0.3, 0.4) is 0 Å². The predicted molar refractivity (Wildman–Crippen MR) is 126 cm³/mol. The third-order valence-corrected chi connectivity index (χ3v) is 6.86. The first-order valence-electron chi connectivity index (χ1n) is 11.8. The molecular weight excluding hydrogens is 400 g/mol. The third kappa shape index (κ3) is 5.75. The number of hydroxylamine groups is 1. The van der Waals surface area contributed by atoms with E-state index in [0.717, 1.165) is 32.7 Å². The van der Waals surface area contributed by atoms with Crippen LogP contribution >= 0.6 is 0 Å². The number of piperazine rings is 1. The van der Waals surface area contributed by atoms with Crippen molar-refractivity contribution in [1.29, 1.82) is 0 Å². The molecule has 0 spiro atoms. The van der Waals surface area contributed by atoms with Crippen LogP contribution in [-0.4, -0.2) is 64.1 Å². The summed E-state index contributed by atoms with van der Waals surface area (Å²) in [6.07, 6.45) is 2.67. The van der Waals surface area contributed by atoms with Gasteiger partial charge in [-0.15, -0.1) is 0 Å². The maximum Gasteiger partial charge on any atom is 0.274 e. The molecule has 2 fully saturated rings. The van der Waals surface area contributed by atoms with Gasteiger partial charge in [-0.1, -0.05) is 36.4 Å². The second kappa shape index (κ2) is 10.6. The van der Waals surface area contributed by atoms with E-state index in [1.165, 1.54) is 42.6 Å². The van der Waals surface area contributed by atoms with Gasteiger partial charge in [0.05, 0.1) is 0 Å². The Morgan fingerprint density at radius 1 is 0.875 bits per heavy atom. The van der Waals surface area contributed by atoms with Crippen molar-refractivity contribution in [3.8, 4) is 0 Å². The highest BCUT2D eigenvalue weighted by Gasteiger charge is 2.29. The zero-order valence-corrected chi connectivity index (χ0v) is 19.3. The standard InChI is InChI=1S/C26H36N4O2/c1-20-15-29(17-22-8-10-25(11-9-22)26(31)27-32)16-21(2)30(20)19-24-7-5-6-23(14-24)18-28-12-3-4-13-28/h5-11,14,20-21,32H,3-4,12-13,15-19H2,1-2H3,(H,27,31)/t20-,21+. The van der Waals surface area contributed by atoms with E-state index in [1.807, 2.05) is 12.1 Å². The van der Waals surface area contributed by atoms with E-state index in [0.29, 0.717) is 17.6 Å². The van der Waals surface area contributed by atoms with Crippen molar-refractivity contribution in [1.82, 2.24) is 20.2 Å². The van der Waals surface area contributed by atoms with E-state index in [9.17, 15) is 4.79 Å². The van der Waals surface area contributed by atoms with E-state index >= 15 is 0 Å². The van der Waals surface area contributed by atoms with Gasteiger partial charge in [0.1, 0.15) is 0 Å². The molecule has 0 radical (unpaired) electrons. The fourth-order valence-electron chi connectivity index (χ4n) is 5.23. The number of likely N-dealkylation sites (tertiary alicyclic amines) is 1. The summed E-state index contributed by atoms with van der Waals surface area (Å²) < 4.78 is 0.